The zero-order chi connectivity index (χ0) is 11.5. The summed E-state index contributed by atoms with van der Waals surface area (Å²) in [4.78, 5) is 0. The van der Waals surface area contributed by atoms with Crippen LogP contribution >= 0.6 is 0 Å². The van der Waals surface area contributed by atoms with E-state index >= 15 is 0 Å². The van der Waals surface area contributed by atoms with Gasteiger partial charge in [-0.15, -0.1) is 0 Å². The van der Waals surface area contributed by atoms with E-state index in [9.17, 15) is 4.39 Å². The van der Waals surface area contributed by atoms with Crippen LogP contribution in [0.3, 0.4) is 0 Å². The third-order valence-corrected chi connectivity index (χ3v) is 2.90. The zero-order valence-corrected chi connectivity index (χ0v) is 9.41. The Hall–Kier alpha value is -1.41. The second-order valence-electron chi connectivity index (χ2n) is 4.08. The van der Waals surface area contributed by atoms with Crippen LogP contribution in [0.5, 0.6) is 0 Å². The van der Waals surface area contributed by atoms with Crippen LogP contribution in [-0.2, 0) is 0 Å². The second kappa shape index (κ2) is 4.62. The Morgan fingerprint density at radius 2 is 1.81 bits per heavy atom. The summed E-state index contributed by atoms with van der Waals surface area (Å²) in [6.45, 7) is 2.10. The van der Waals surface area contributed by atoms with Crippen LogP contribution in [0.15, 0.2) is 36.4 Å². The van der Waals surface area contributed by atoms with Crippen LogP contribution in [0.1, 0.15) is 31.4 Å². The highest BCUT2D eigenvalue weighted by atomic mass is 19.1. The van der Waals surface area contributed by atoms with Gasteiger partial charge in [-0.3, -0.25) is 0 Å². The van der Waals surface area contributed by atoms with Crippen molar-refractivity contribution in [2.75, 3.05) is 0 Å². The number of hydrogen-bond acceptors (Lipinski definition) is 1. The highest BCUT2D eigenvalue weighted by Crippen LogP contribution is 2.27. The van der Waals surface area contributed by atoms with Crippen LogP contribution in [-0.4, -0.2) is 0 Å². The first-order valence-corrected chi connectivity index (χ1v) is 5.66. The van der Waals surface area contributed by atoms with Crippen LogP contribution in [0, 0.1) is 5.82 Å². The van der Waals surface area contributed by atoms with E-state index in [2.05, 4.69) is 6.92 Å². The number of rotatable bonds is 3. The van der Waals surface area contributed by atoms with Crippen LogP contribution in [0.4, 0.5) is 4.39 Å². The summed E-state index contributed by atoms with van der Waals surface area (Å²) in [5, 5.41) is 1.59. The molecule has 0 aliphatic heterocycles. The summed E-state index contributed by atoms with van der Waals surface area (Å²) < 4.78 is 13.6. The van der Waals surface area contributed by atoms with Gasteiger partial charge in [-0.25, -0.2) is 4.39 Å². The van der Waals surface area contributed by atoms with Crippen molar-refractivity contribution in [3.63, 3.8) is 0 Å². The van der Waals surface area contributed by atoms with Gasteiger partial charge in [0.15, 0.2) is 0 Å². The fraction of sp³-hybridized carbons (Fsp3) is 0.286. The van der Waals surface area contributed by atoms with Crippen LogP contribution in [0.2, 0.25) is 0 Å². The van der Waals surface area contributed by atoms with E-state index in [-0.39, 0.29) is 11.9 Å². The molecule has 0 aromatic heterocycles. The molecule has 0 saturated heterocycles. The number of hydrogen-bond donors (Lipinski definition) is 1. The summed E-state index contributed by atoms with van der Waals surface area (Å²) in [5.74, 6) is -0.178. The Morgan fingerprint density at radius 3 is 2.50 bits per heavy atom. The summed E-state index contributed by atoms with van der Waals surface area (Å²) in [5.41, 5.74) is 7.14. The lowest BCUT2D eigenvalue weighted by molar-refractivity contribution is 0.628. The monoisotopic (exact) mass is 217 g/mol. The van der Waals surface area contributed by atoms with Crippen molar-refractivity contribution in [3.8, 4) is 0 Å². The van der Waals surface area contributed by atoms with Crippen molar-refractivity contribution in [1.82, 2.24) is 0 Å². The van der Waals surface area contributed by atoms with Gasteiger partial charge >= 0.3 is 0 Å². The van der Waals surface area contributed by atoms with Gasteiger partial charge in [0.1, 0.15) is 5.82 Å². The number of halogens is 1. The fourth-order valence-electron chi connectivity index (χ4n) is 2.08. The molecule has 0 spiro atoms. The average Bonchev–Trinajstić information content (AvgIpc) is 2.30. The molecule has 0 fully saturated rings. The fourth-order valence-corrected chi connectivity index (χ4v) is 2.08. The van der Waals surface area contributed by atoms with Crippen molar-refractivity contribution in [3.05, 3.63) is 47.8 Å². The number of nitrogens with two attached hydrogens (primary N) is 1. The Labute approximate surface area is 95.1 Å². The van der Waals surface area contributed by atoms with E-state index in [1.165, 1.54) is 6.07 Å². The third kappa shape index (κ3) is 1.93. The molecule has 0 amide bonds. The van der Waals surface area contributed by atoms with Gasteiger partial charge < -0.3 is 5.73 Å². The maximum Gasteiger partial charge on any atom is 0.131 e. The van der Waals surface area contributed by atoms with E-state index in [1.807, 2.05) is 18.2 Å². The highest BCUT2D eigenvalue weighted by Gasteiger charge is 2.10. The minimum atomic E-state index is -0.178. The highest BCUT2D eigenvalue weighted by molar-refractivity contribution is 5.86. The Balaban J connectivity index is 2.58. The molecule has 0 aliphatic rings. The van der Waals surface area contributed by atoms with Crippen LogP contribution < -0.4 is 5.73 Å². The molecule has 2 N–H and O–H groups in total. The van der Waals surface area contributed by atoms with E-state index in [0.29, 0.717) is 5.39 Å². The summed E-state index contributed by atoms with van der Waals surface area (Å²) in [6.07, 6.45) is 1.96. The van der Waals surface area contributed by atoms with Gasteiger partial charge in [-0.05, 0) is 23.4 Å². The molecule has 2 aromatic carbocycles. The van der Waals surface area contributed by atoms with E-state index in [0.717, 1.165) is 23.8 Å². The number of benzene rings is 2. The maximum absolute atomic E-state index is 13.6. The summed E-state index contributed by atoms with van der Waals surface area (Å²) >= 11 is 0. The maximum atomic E-state index is 13.6. The lowest BCUT2D eigenvalue weighted by Gasteiger charge is -2.14. The molecule has 0 bridgehead atoms. The summed E-state index contributed by atoms with van der Waals surface area (Å²) in [6, 6.07) is 10.8. The molecular formula is C14H16FN. The van der Waals surface area contributed by atoms with Crippen molar-refractivity contribution in [2.45, 2.75) is 25.8 Å². The molecule has 2 heteroatoms. The first-order valence-electron chi connectivity index (χ1n) is 5.66. The largest absolute Gasteiger partial charge is 0.324 e. The second-order valence-corrected chi connectivity index (χ2v) is 4.08. The predicted octanol–water partition coefficient (Wildman–Crippen LogP) is 3.78. The molecule has 0 aliphatic carbocycles. The molecule has 2 aromatic rings. The predicted molar refractivity (Wildman–Crippen MR) is 65.7 cm³/mol. The molecule has 2 rings (SSSR count). The zero-order valence-electron chi connectivity index (χ0n) is 9.41. The lowest BCUT2D eigenvalue weighted by Crippen LogP contribution is -2.10. The van der Waals surface area contributed by atoms with Crippen molar-refractivity contribution in [2.24, 2.45) is 5.73 Å². The van der Waals surface area contributed by atoms with Crippen LogP contribution in [0.25, 0.3) is 10.8 Å². The number of fused-ring (bicyclic) bond motifs is 1. The third-order valence-electron chi connectivity index (χ3n) is 2.90. The Morgan fingerprint density at radius 1 is 1.12 bits per heavy atom. The molecule has 0 radical (unpaired) electrons. The molecule has 0 unspecified atom stereocenters. The summed E-state index contributed by atoms with van der Waals surface area (Å²) in [7, 11) is 0. The Bertz CT molecular complexity index is 493. The molecule has 0 heterocycles. The van der Waals surface area contributed by atoms with Gasteiger partial charge in [-0.2, -0.15) is 0 Å². The van der Waals surface area contributed by atoms with E-state index in [1.54, 1.807) is 12.1 Å². The molecular weight excluding hydrogens is 201 g/mol. The SMILES string of the molecule is CCC[C@H](N)c1ccc(F)c2ccccc12. The molecule has 16 heavy (non-hydrogen) atoms. The molecule has 1 nitrogen and oxygen atoms in total. The first kappa shape index (κ1) is 11.1. The van der Waals surface area contributed by atoms with Gasteiger partial charge in [0.25, 0.3) is 0 Å². The van der Waals surface area contributed by atoms with Gasteiger partial charge in [-0.1, -0.05) is 43.7 Å². The lowest BCUT2D eigenvalue weighted by atomic mass is 9.96. The topological polar surface area (TPSA) is 26.0 Å². The smallest absolute Gasteiger partial charge is 0.131 e. The minimum Gasteiger partial charge on any atom is -0.324 e. The first-order chi connectivity index (χ1) is 7.74. The van der Waals surface area contributed by atoms with Crippen molar-refractivity contribution >= 4 is 10.8 Å². The Kier molecular flexibility index (Phi) is 3.20. The van der Waals surface area contributed by atoms with Crippen molar-refractivity contribution < 1.29 is 4.39 Å². The quantitative estimate of drug-likeness (QED) is 0.831. The minimum absolute atomic E-state index is 0.00417. The van der Waals surface area contributed by atoms with Crippen molar-refractivity contribution in [1.29, 1.82) is 0 Å². The van der Waals surface area contributed by atoms with Gasteiger partial charge in [0, 0.05) is 11.4 Å². The van der Waals surface area contributed by atoms with Gasteiger partial charge in [0.2, 0.25) is 0 Å². The molecule has 1 atom stereocenters. The average molecular weight is 217 g/mol. The normalized spacial score (nSPS) is 12.9. The van der Waals surface area contributed by atoms with Gasteiger partial charge in [0.05, 0.1) is 0 Å². The van der Waals surface area contributed by atoms with E-state index in [4.69, 9.17) is 5.73 Å². The molecule has 0 saturated carbocycles. The standard InChI is InChI=1S/C14H16FN/c1-2-5-14(16)12-8-9-13(15)11-7-4-3-6-10(11)12/h3-4,6-9,14H,2,5,16H2,1H3/t14-/m0/s1. The van der Waals surface area contributed by atoms with E-state index < -0.39 is 0 Å². The molecule has 84 valence electrons.